The molecule has 5 heterocycles. The van der Waals surface area contributed by atoms with Crippen LogP contribution in [-0.2, 0) is 221 Å². The molecule has 0 N–H and O–H groups in total. The molecular formula is C58H86Br2N2O18Y5. The quantitative estimate of drug-likeness (QED) is 0.0205. The normalized spacial score (nSPS) is 9.78. The zero-order valence-corrected chi connectivity index (χ0v) is 69.9. The maximum absolute atomic E-state index is 11.9. The summed E-state index contributed by atoms with van der Waals surface area (Å²) in [5, 5.41) is 5.21. The van der Waals surface area contributed by atoms with Gasteiger partial charge in [0, 0.05) is 235 Å². The molecule has 0 aliphatic carbocycles. The number of hydroxylamine groups is 2. The molecule has 5 rings (SSSR count). The van der Waals surface area contributed by atoms with Gasteiger partial charge in [0.05, 0.1) is 87.8 Å². The number of Topliss-reactive ketones (excluding diaryl/α,β-unsaturated/α-hetero) is 1. The van der Waals surface area contributed by atoms with Crippen LogP contribution >= 0.6 is 31.9 Å². The van der Waals surface area contributed by atoms with E-state index in [0.717, 1.165) is 25.5 Å². The SMILES string of the molecule is BrC(Br)=Cc1ccco1.CC.CC.CC.CC.COCCC(CC(=O)OC)C(=O)C#Cc1ccco1.COCCC(CC(=O)OC)C(=O)N(C)OC.COCCC(CC(=O)OC)c1noc(-c2ccco2)c1C.O=Cc1ccco1.[Y].[Y].[Y].[Y].[Y]. The van der Waals surface area contributed by atoms with E-state index in [1.165, 1.54) is 55.1 Å². The molecule has 0 bridgehead atoms. The molecule has 85 heavy (non-hydrogen) atoms. The molecule has 0 saturated carbocycles. The summed E-state index contributed by atoms with van der Waals surface area (Å²) in [6, 6.07) is 13.9. The van der Waals surface area contributed by atoms with Crippen LogP contribution in [-0.4, -0.2) is 123 Å². The molecule has 5 radical (unpaired) electrons. The zero-order valence-electron chi connectivity index (χ0n) is 52.6. The number of aromatic nitrogens is 1. The molecule has 5 aromatic rings. The van der Waals surface area contributed by atoms with Crippen LogP contribution in [0, 0.1) is 30.6 Å². The number of carbonyl (C=O) groups is 6. The summed E-state index contributed by atoms with van der Waals surface area (Å²) in [6.45, 7) is 19.2. The Morgan fingerprint density at radius 3 is 1.44 bits per heavy atom. The van der Waals surface area contributed by atoms with Crippen molar-refractivity contribution < 1.29 is 248 Å². The largest absolute Gasteiger partial charge is 0.469 e. The van der Waals surface area contributed by atoms with Gasteiger partial charge < -0.3 is 50.6 Å². The fourth-order valence-electron chi connectivity index (χ4n) is 5.74. The van der Waals surface area contributed by atoms with Crippen molar-refractivity contribution in [1.82, 2.24) is 10.2 Å². The van der Waals surface area contributed by atoms with Crippen LogP contribution < -0.4 is 0 Å². The smallest absolute Gasteiger partial charge is 0.306 e. The third-order valence-electron chi connectivity index (χ3n) is 9.61. The van der Waals surface area contributed by atoms with Crippen molar-refractivity contribution in [2.24, 2.45) is 11.8 Å². The Morgan fingerprint density at radius 2 is 1.04 bits per heavy atom. The molecule has 0 fully saturated rings. The Kier molecular flexibility index (Phi) is 87.6. The third kappa shape index (κ3) is 51.5. The van der Waals surface area contributed by atoms with Crippen LogP contribution in [0.1, 0.15) is 133 Å². The molecule has 465 valence electrons. The van der Waals surface area contributed by atoms with Gasteiger partial charge in [0.25, 0.3) is 0 Å². The second-order valence-corrected chi connectivity index (χ2v) is 17.2. The summed E-state index contributed by atoms with van der Waals surface area (Å²) in [7, 11) is 11.5. The van der Waals surface area contributed by atoms with Gasteiger partial charge in [-0.3, -0.25) is 33.6 Å². The molecule has 0 aliphatic rings. The molecule has 27 heteroatoms. The molecule has 20 nitrogen and oxygen atoms in total. The number of methoxy groups -OCH3 is 6. The first-order valence-electron chi connectivity index (χ1n) is 25.8. The molecule has 0 aromatic carbocycles. The van der Waals surface area contributed by atoms with E-state index < -0.39 is 23.8 Å². The molecule has 3 atom stereocenters. The van der Waals surface area contributed by atoms with Gasteiger partial charge in [0.15, 0.2) is 23.6 Å². The van der Waals surface area contributed by atoms with Crippen molar-refractivity contribution >= 4 is 73.8 Å². The van der Waals surface area contributed by atoms with Gasteiger partial charge in [-0.2, -0.15) is 0 Å². The average molecular weight is 1700 g/mol. The fourth-order valence-corrected chi connectivity index (χ4v) is 6.19. The van der Waals surface area contributed by atoms with E-state index in [1.54, 1.807) is 57.1 Å². The van der Waals surface area contributed by atoms with Crippen LogP contribution in [0.3, 0.4) is 0 Å². The van der Waals surface area contributed by atoms with Crippen molar-refractivity contribution in [3.05, 3.63) is 106 Å². The topological polar surface area (TPSA) is 249 Å². The second-order valence-electron chi connectivity index (χ2n) is 14.5. The van der Waals surface area contributed by atoms with Crippen molar-refractivity contribution in [2.45, 2.75) is 107 Å². The Labute approximate surface area is 647 Å². The number of nitrogens with zero attached hydrogens (tertiary/aromatic N) is 2. The first-order chi connectivity index (χ1) is 38.6. The minimum absolute atomic E-state index is 0. The van der Waals surface area contributed by atoms with E-state index in [1.807, 2.05) is 86.6 Å². The standard InChI is InChI=1S/C15H19NO5.C14H16O5.C10H19NO5.C6H4Br2O.C5H4O2.4C2H6.5Y/c1-10-14(11(6-8-18-2)9-13(17)19-3)16-21-15(10)12-5-4-7-20-12;1-17-9-7-11(10-14(16)18-2)13(15)6-5-12-4-3-8-19-12;1-11(16-4)10(13)8(5-6-14-2)7-9(12)15-3;7-6(8)4-5-2-1-3-9-5;6-4-5-2-1-3-7-5;4*1-2;;;;;/h4-5,7,11H,6,8-9H2,1-3H3;3-4,8,11H,7,9-10H2,1-2H3;8H,5-7H2,1-4H3;1-4H;1-4H;4*1-2H3;;;;;. The summed E-state index contributed by atoms with van der Waals surface area (Å²) in [4.78, 5) is 72.2. The van der Waals surface area contributed by atoms with Crippen molar-refractivity contribution in [3.63, 3.8) is 0 Å². The third-order valence-corrected chi connectivity index (χ3v) is 10.1. The number of furan rings is 4. The fraction of sp³-hybridized carbons (Fsp3) is 0.500. The van der Waals surface area contributed by atoms with Crippen LogP contribution in [0.2, 0.25) is 0 Å². The molecule has 0 spiro atoms. The summed E-state index contributed by atoms with van der Waals surface area (Å²) >= 11 is 6.43. The number of esters is 3. The van der Waals surface area contributed by atoms with Gasteiger partial charge in [0.1, 0.15) is 5.76 Å². The minimum atomic E-state index is -0.519. The Hall–Kier alpha value is -0.831. The van der Waals surface area contributed by atoms with Gasteiger partial charge >= 0.3 is 17.9 Å². The molecule has 0 saturated heterocycles. The maximum Gasteiger partial charge on any atom is 0.306 e. The monoisotopic (exact) mass is 1700 g/mol. The Morgan fingerprint density at radius 1 is 0.600 bits per heavy atom. The average Bonchev–Trinajstić information content (AvgIpc) is 4.38. The van der Waals surface area contributed by atoms with E-state index in [-0.39, 0.29) is 206 Å². The second kappa shape index (κ2) is 72.2. The van der Waals surface area contributed by atoms with Crippen LogP contribution in [0.4, 0.5) is 0 Å². The molecule has 0 aliphatic heterocycles. The van der Waals surface area contributed by atoms with Gasteiger partial charge in [-0.1, -0.05) is 60.5 Å². The van der Waals surface area contributed by atoms with E-state index in [9.17, 15) is 28.8 Å². The number of ether oxygens (including phenoxy) is 6. The number of aldehydes is 1. The van der Waals surface area contributed by atoms with Crippen LogP contribution in [0.25, 0.3) is 17.6 Å². The zero-order chi connectivity index (χ0) is 61.7. The Balaban J connectivity index is -0.000000120. The number of halogens is 2. The van der Waals surface area contributed by atoms with Crippen LogP contribution in [0.5, 0.6) is 0 Å². The van der Waals surface area contributed by atoms with E-state index in [0.29, 0.717) is 68.4 Å². The van der Waals surface area contributed by atoms with Crippen molar-refractivity contribution in [1.29, 1.82) is 0 Å². The molecule has 5 aromatic heterocycles. The Bertz CT molecular complexity index is 2370. The van der Waals surface area contributed by atoms with Gasteiger partial charge in [-0.15, -0.1) is 0 Å². The summed E-state index contributed by atoms with van der Waals surface area (Å²) < 4.78 is 55.0. The molecule has 1 amide bonds. The number of hydrogen-bond donors (Lipinski definition) is 0. The van der Waals surface area contributed by atoms with Crippen molar-refractivity contribution in [3.8, 4) is 23.4 Å². The predicted molar refractivity (Wildman–Crippen MR) is 312 cm³/mol. The first kappa shape index (κ1) is 103. The molecular weight excluding hydrogens is 1620 g/mol. The van der Waals surface area contributed by atoms with Crippen molar-refractivity contribution in [2.75, 3.05) is 76.6 Å². The van der Waals surface area contributed by atoms with Gasteiger partial charge in [-0.25, -0.2) is 5.06 Å². The summed E-state index contributed by atoms with van der Waals surface area (Å²) in [5.41, 5.74) is 1.61. The number of carbonyl (C=O) groups excluding carboxylic acids is 6. The van der Waals surface area contributed by atoms with E-state index >= 15 is 0 Å². The number of hydrogen-bond acceptors (Lipinski definition) is 19. The minimum Gasteiger partial charge on any atom is -0.469 e. The first-order valence-corrected chi connectivity index (χ1v) is 27.3. The van der Waals surface area contributed by atoms with Gasteiger partial charge in [0.2, 0.25) is 17.5 Å². The number of ketones is 1. The van der Waals surface area contributed by atoms with Gasteiger partial charge in [-0.05, 0) is 118 Å². The summed E-state index contributed by atoms with van der Waals surface area (Å²) in [6.07, 6.45) is 10.5. The summed E-state index contributed by atoms with van der Waals surface area (Å²) in [5.74, 6) is 5.10. The molecule has 3 unspecified atom stereocenters. The number of amides is 1. The van der Waals surface area contributed by atoms with E-state index in [4.69, 9.17) is 41.6 Å². The predicted octanol–water partition coefficient (Wildman–Crippen LogP) is 13.1. The van der Waals surface area contributed by atoms with E-state index in [2.05, 4.69) is 62.7 Å². The number of rotatable bonds is 22. The van der Waals surface area contributed by atoms with Crippen LogP contribution in [0.15, 0.2) is 99.2 Å². The maximum atomic E-state index is 11.9.